The molecule has 0 nitrogen and oxygen atoms in total. The second kappa shape index (κ2) is 4.00. The Morgan fingerprint density at radius 2 is 2.20 bits per heavy atom. The first-order valence-corrected chi connectivity index (χ1v) is 2.21. The Balaban J connectivity index is 2.19. The lowest BCUT2D eigenvalue weighted by Crippen LogP contribution is -1.59. The van der Waals surface area contributed by atoms with Crippen LogP contribution in [0.2, 0.25) is 0 Å². The van der Waals surface area contributed by atoms with Crippen molar-refractivity contribution >= 4 is 0 Å². The summed E-state index contributed by atoms with van der Waals surface area (Å²) in [6.45, 7) is 5.85. The quantitative estimate of drug-likeness (QED) is 0.469. The molecule has 0 rings (SSSR count). The SMILES string of the molecule is CCCC[14CH2]. The minimum Gasteiger partial charge on any atom is -0.0654 e. The van der Waals surface area contributed by atoms with Gasteiger partial charge >= 0.3 is 0 Å². The van der Waals surface area contributed by atoms with Gasteiger partial charge in [-0.1, -0.05) is 33.1 Å². The predicted molar refractivity (Wildman–Crippen MR) is 24.9 cm³/mol. The maximum absolute atomic E-state index is 3.68. The van der Waals surface area contributed by atoms with Crippen LogP contribution in [-0.4, -0.2) is 0 Å². The van der Waals surface area contributed by atoms with E-state index in [1.807, 2.05) is 0 Å². The lowest BCUT2D eigenvalue weighted by atomic mass is 10.3. The molecule has 0 unspecified atom stereocenters. The fourth-order valence-electron chi connectivity index (χ4n) is 0.250. The lowest BCUT2D eigenvalue weighted by molar-refractivity contribution is 0.813. The maximum Gasteiger partial charge on any atom is -0.0533 e. The van der Waals surface area contributed by atoms with Gasteiger partial charge in [0, 0.05) is 0 Å². The molecule has 0 atom stereocenters. The summed E-state index contributed by atoms with van der Waals surface area (Å²) in [6.07, 6.45) is 3.65. The molecule has 0 aliphatic carbocycles. The van der Waals surface area contributed by atoms with Crippen molar-refractivity contribution in [2.75, 3.05) is 0 Å². The van der Waals surface area contributed by atoms with Crippen LogP contribution in [0.25, 0.3) is 0 Å². The highest BCUT2D eigenvalue weighted by molar-refractivity contribution is 4.35. The summed E-state index contributed by atoms with van der Waals surface area (Å²) in [7, 11) is 0. The van der Waals surface area contributed by atoms with Crippen molar-refractivity contribution in [2.24, 2.45) is 0 Å². The second-order valence-electron chi connectivity index (χ2n) is 1.21. The van der Waals surface area contributed by atoms with Crippen LogP contribution in [-0.2, 0) is 0 Å². The van der Waals surface area contributed by atoms with Gasteiger partial charge in [-0.3, -0.25) is 0 Å². The van der Waals surface area contributed by atoms with Crippen LogP contribution in [0.15, 0.2) is 0 Å². The first kappa shape index (κ1) is 5.00. The molecule has 31 valence electrons. The van der Waals surface area contributed by atoms with Crippen LogP contribution in [0.3, 0.4) is 0 Å². The molecule has 0 bridgehead atoms. The van der Waals surface area contributed by atoms with Gasteiger partial charge in [-0.05, 0) is 0 Å². The molecule has 0 aliphatic rings. The van der Waals surface area contributed by atoms with Gasteiger partial charge in [0.05, 0.1) is 0 Å². The van der Waals surface area contributed by atoms with E-state index in [-0.39, 0.29) is 0 Å². The number of hydrogen-bond acceptors (Lipinski definition) is 0. The van der Waals surface area contributed by atoms with Crippen molar-refractivity contribution in [3.8, 4) is 0 Å². The van der Waals surface area contributed by atoms with E-state index in [9.17, 15) is 0 Å². The Morgan fingerprint density at radius 3 is 2.20 bits per heavy atom. The van der Waals surface area contributed by atoms with Crippen LogP contribution in [0.1, 0.15) is 26.2 Å². The van der Waals surface area contributed by atoms with E-state index >= 15 is 0 Å². The smallest absolute Gasteiger partial charge is 0.0533 e. The average molecular weight is 73.1 g/mol. The molecule has 0 aliphatic heterocycles. The van der Waals surface area contributed by atoms with Gasteiger partial charge in [0.1, 0.15) is 0 Å². The van der Waals surface area contributed by atoms with Crippen molar-refractivity contribution in [1.29, 1.82) is 0 Å². The first-order valence-electron chi connectivity index (χ1n) is 2.21. The zero-order valence-electron chi connectivity index (χ0n) is 3.83. The molecule has 0 N–H and O–H groups in total. The van der Waals surface area contributed by atoms with Crippen LogP contribution < -0.4 is 0 Å². The normalized spacial score (nSPS) is 8.40. The van der Waals surface area contributed by atoms with Crippen molar-refractivity contribution in [3.63, 3.8) is 0 Å². The van der Waals surface area contributed by atoms with E-state index in [1.165, 1.54) is 12.8 Å². The van der Waals surface area contributed by atoms with Crippen molar-refractivity contribution in [2.45, 2.75) is 26.2 Å². The summed E-state index contributed by atoms with van der Waals surface area (Å²) in [5.41, 5.74) is 0. The minimum atomic E-state index is 1.09. The highest BCUT2D eigenvalue weighted by Gasteiger charge is 1.68. The fraction of sp³-hybridized carbons (Fsp3) is 0.800. The van der Waals surface area contributed by atoms with Crippen LogP contribution in [0.5, 0.6) is 0 Å². The van der Waals surface area contributed by atoms with Crippen LogP contribution in [0, 0.1) is 6.92 Å². The van der Waals surface area contributed by atoms with E-state index in [0.717, 1.165) is 6.42 Å². The lowest BCUT2D eigenvalue weighted by Gasteiger charge is -1.79. The van der Waals surface area contributed by atoms with E-state index < -0.39 is 0 Å². The number of hydrogen-bond donors (Lipinski definition) is 0. The molecule has 0 heteroatoms. The molecule has 0 saturated heterocycles. The molecular formula is C5H11. The molecule has 0 aromatic carbocycles. The molecule has 5 heavy (non-hydrogen) atoms. The number of rotatable bonds is 2. The van der Waals surface area contributed by atoms with E-state index in [0.29, 0.717) is 0 Å². The van der Waals surface area contributed by atoms with Gasteiger partial charge in [0.25, 0.3) is 0 Å². The Morgan fingerprint density at radius 1 is 1.60 bits per heavy atom. The minimum absolute atomic E-state index is 1.09. The van der Waals surface area contributed by atoms with E-state index in [4.69, 9.17) is 0 Å². The van der Waals surface area contributed by atoms with Crippen LogP contribution in [0.4, 0.5) is 0 Å². The summed E-state index contributed by atoms with van der Waals surface area (Å²) >= 11 is 0. The molecule has 1 radical (unpaired) electrons. The van der Waals surface area contributed by atoms with Crippen molar-refractivity contribution in [3.05, 3.63) is 6.92 Å². The third-order valence-electron chi connectivity index (χ3n) is 0.604. The molecule has 0 saturated carbocycles. The Bertz CT molecular complexity index is 7.51. The van der Waals surface area contributed by atoms with Gasteiger partial charge in [-0.25, -0.2) is 0 Å². The third kappa shape index (κ3) is 4.00. The number of unbranched alkanes of at least 4 members (excludes halogenated alkanes) is 2. The maximum atomic E-state index is 3.68. The average Bonchev–Trinajstić information content (AvgIpc) is 1.41. The summed E-state index contributed by atoms with van der Waals surface area (Å²) in [5, 5.41) is 0. The van der Waals surface area contributed by atoms with Gasteiger partial charge in [-0.15, -0.1) is 0 Å². The largest absolute Gasteiger partial charge is 0.0654 e. The topological polar surface area (TPSA) is 0 Å². The van der Waals surface area contributed by atoms with Gasteiger partial charge in [0.2, 0.25) is 0 Å². The molecule has 0 aromatic rings. The standard InChI is InChI=1S/C5H11/c1-3-5-4-2/h1,3-5H2,2H3/i1+2. The Hall–Kier alpha value is 0. The highest BCUT2D eigenvalue weighted by atomic mass is 14.5. The van der Waals surface area contributed by atoms with E-state index in [1.54, 1.807) is 0 Å². The van der Waals surface area contributed by atoms with Crippen molar-refractivity contribution < 1.29 is 0 Å². The third-order valence-corrected chi connectivity index (χ3v) is 0.604. The van der Waals surface area contributed by atoms with E-state index in [2.05, 4.69) is 13.8 Å². The zero-order valence-corrected chi connectivity index (χ0v) is 3.83. The molecule has 0 amide bonds. The summed E-state index contributed by atoms with van der Waals surface area (Å²) in [4.78, 5) is 0. The second-order valence-corrected chi connectivity index (χ2v) is 1.21. The van der Waals surface area contributed by atoms with Gasteiger partial charge < -0.3 is 0 Å². The molecule has 0 aromatic heterocycles. The molecular weight excluding hydrogens is 62.0 g/mol. The predicted octanol–water partition coefficient (Wildman–Crippen LogP) is 2.01. The van der Waals surface area contributed by atoms with Crippen LogP contribution >= 0.6 is 0 Å². The van der Waals surface area contributed by atoms with Gasteiger partial charge in [0.15, 0.2) is 0 Å². The Kier molecular flexibility index (Phi) is 4.00. The first-order chi connectivity index (χ1) is 2.41. The summed E-state index contributed by atoms with van der Waals surface area (Å²) in [5.74, 6) is 0. The Labute approximate surface area is 34.2 Å². The van der Waals surface area contributed by atoms with Gasteiger partial charge in [-0.2, -0.15) is 0 Å². The molecule has 0 heterocycles. The molecule has 0 fully saturated rings. The summed E-state index contributed by atoms with van der Waals surface area (Å²) in [6, 6.07) is 0. The highest BCUT2D eigenvalue weighted by Crippen LogP contribution is 1.87. The fourth-order valence-corrected chi connectivity index (χ4v) is 0.250. The summed E-state index contributed by atoms with van der Waals surface area (Å²) < 4.78 is 0. The molecule has 0 spiro atoms. The monoisotopic (exact) mass is 73.1 g/mol. The zero-order chi connectivity index (χ0) is 4.12. The van der Waals surface area contributed by atoms with Crippen molar-refractivity contribution in [1.82, 2.24) is 0 Å².